The maximum absolute atomic E-state index is 11.1. The van der Waals surface area contributed by atoms with Gasteiger partial charge in [-0.1, -0.05) is 0 Å². The van der Waals surface area contributed by atoms with Gasteiger partial charge in [0.15, 0.2) is 0 Å². The van der Waals surface area contributed by atoms with Crippen molar-refractivity contribution in [1.82, 2.24) is 4.90 Å². The number of nitrogens with zero attached hydrogens (tertiary/aromatic N) is 1. The van der Waals surface area contributed by atoms with Gasteiger partial charge in [-0.15, -0.1) is 0 Å². The Bertz CT molecular complexity index is 184. The quantitative estimate of drug-likeness (QED) is 0.616. The molecule has 4 heteroatoms. The molecule has 4 N–H and O–H groups in total. The molecule has 4 nitrogen and oxygen atoms in total. The highest BCUT2D eigenvalue weighted by molar-refractivity contribution is 5.77. The van der Waals surface area contributed by atoms with E-state index in [-0.39, 0.29) is 11.8 Å². The van der Waals surface area contributed by atoms with E-state index in [0.29, 0.717) is 12.5 Å². The second-order valence-electron chi connectivity index (χ2n) is 3.91. The summed E-state index contributed by atoms with van der Waals surface area (Å²) in [6, 6.07) is 0. The van der Waals surface area contributed by atoms with E-state index < -0.39 is 0 Å². The maximum atomic E-state index is 11.1. The number of rotatable bonds is 3. The summed E-state index contributed by atoms with van der Waals surface area (Å²) >= 11 is 0. The smallest absolute Gasteiger partial charge is 0.222 e. The lowest BCUT2D eigenvalue weighted by atomic mass is 9.85. The zero-order valence-corrected chi connectivity index (χ0v) is 8.20. The van der Waals surface area contributed by atoms with Crippen LogP contribution in [0.15, 0.2) is 0 Å². The summed E-state index contributed by atoms with van der Waals surface area (Å²) in [6.07, 6.45) is 2.22. The van der Waals surface area contributed by atoms with Crippen molar-refractivity contribution in [3.8, 4) is 0 Å². The van der Waals surface area contributed by atoms with Crippen molar-refractivity contribution in [2.45, 2.75) is 12.8 Å². The van der Waals surface area contributed by atoms with E-state index in [0.717, 1.165) is 25.9 Å². The van der Waals surface area contributed by atoms with Gasteiger partial charge in [-0.05, 0) is 32.4 Å². The van der Waals surface area contributed by atoms with Crippen LogP contribution in [0, 0.1) is 11.8 Å². The first kappa shape index (κ1) is 10.5. The van der Waals surface area contributed by atoms with E-state index in [1.54, 1.807) is 0 Å². The molecular formula is C9H19N3O. The molecule has 0 radical (unpaired) electrons. The Labute approximate surface area is 79.3 Å². The maximum Gasteiger partial charge on any atom is 0.222 e. The highest BCUT2D eigenvalue weighted by atomic mass is 16.1. The summed E-state index contributed by atoms with van der Waals surface area (Å²) in [5.74, 6) is -0.0215. The van der Waals surface area contributed by atoms with E-state index in [1.165, 1.54) is 0 Å². The van der Waals surface area contributed by atoms with E-state index in [9.17, 15) is 4.79 Å². The van der Waals surface area contributed by atoms with Gasteiger partial charge in [0, 0.05) is 13.1 Å². The Morgan fingerprint density at radius 3 is 2.85 bits per heavy atom. The fourth-order valence-electron chi connectivity index (χ4n) is 2.08. The molecule has 76 valence electrons. The van der Waals surface area contributed by atoms with E-state index in [4.69, 9.17) is 11.5 Å². The Morgan fingerprint density at radius 1 is 1.69 bits per heavy atom. The van der Waals surface area contributed by atoms with Crippen molar-refractivity contribution in [3.63, 3.8) is 0 Å². The Balaban J connectivity index is 2.52. The summed E-state index contributed by atoms with van der Waals surface area (Å²) in [5, 5.41) is 0. The molecule has 0 aromatic heterocycles. The lowest BCUT2D eigenvalue weighted by Crippen LogP contribution is -2.43. The topological polar surface area (TPSA) is 72.3 Å². The lowest BCUT2D eigenvalue weighted by molar-refractivity contribution is -0.123. The lowest BCUT2D eigenvalue weighted by Gasteiger charge is -2.33. The molecule has 0 aliphatic carbocycles. The molecule has 0 spiro atoms. The minimum atomic E-state index is -0.247. The van der Waals surface area contributed by atoms with Crippen LogP contribution in [-0.2, 0) is 4.79 Å². The highest BCUT2D eigenvalue weighted by Gasteiger charge is 2.28. The zero-order chi connectivity index (χ0) is 9.84. The van der Waals surface area contributed by atoms with Crippen LogP contribution >= 0.6 is 0 Å². The minimum absolute atomic E-state index is 0.136. The number of carbonyl (C=O) groups excluding carboxylic acids is 1. The van der Waals surface area contributed by atoms with Gasteiger partial charge in [-0.25, -0.2) is 0 Å². The molecule has 1 rings (SSSR count). The van der Waals surface area contributed by atoms with Crippen LogP contribution in [0.3, 0.4) is 0 Å². The van der Waals surface area contributed by atoms with Crippen LogP contribution in [0.2, 0.25) is 0 Å². The third-order valence-electron chi connectivity index (χ3n) is 2.85. The van der Waals surface area contributed by atoms with Crippen LogP contribution in [0.5, 0.6) is 0 Å². The number of likely N-dealkylation sites (tertiary alicyclic amines) is 1. The minimum Gasteiger partial charge on any atom is -0.369 e. The molecule has 1 heterocycles. The molecule has 2 unspecified atom stereocenters. The standard InChI is InChI=1S/C9H19N3O/c1-12-4-2-3-7(6-12)8(5-10)9(11)13/h7-8H,2-6,10H2,1H3,(H2,11,13). The predicted octanol–water partition coefficient (Wildman–Crippen LogP) is -0.612. The van der Waals surface area contributed by atoms with Crippen molar-refractivity contribution in [2.75, 3.05) is 26.7 Å². The van der Waals surface area contributed by atoms with E-state index in [2.05, 4.69) is 11.9 Å². The molecule has 1 aliphatic heterocycles. The summed E-state index contributed by atoms with van der Waals surface area (Å²) in [5.41, 5.74) is 10.8. The number of primary amides is 1. The Hall–Kier alpha value is -0.610. The molecule has 0 aromatic carbocycles. The van der Waals surface area contributed by atoms with Gasteiger partial charge in [-0.2, -0.15) is 0 Å². The fraction of sp³-hybridized carbons (Fsp3) is 0.889. The number of piperidine rings is 1. The van der Waals surface area contributed by atoms with Gasteiger partial charge in [0.2, 0.25) is 5.91 Å². The second kappa shape index (κ2) is 4.58. The van der Waals surface area contributed by atoms with Crippen LogP contribution in [-0.4, -0.2) is 37.5 Å². The first-order chi connectivity index (χ1) is 6.15. The highest BCUT2D eigenvalue weighted by Crippen LogP contribution is 2.22. The normalized spacial score (nSPS) is 27.1. The molecule has 13 heavy (non-hydrogen) atoms. The molecule has 2 atom stereocenters. The summed E-state index contributed by atoms with van der Waals surface area (Å²) in [7, 11) is 2.07. The molecule has 1 saturated heterocycles. The van der Waals surface area contributed by atoms with E-state index >= 15 is 0 Å². The zero-order valence-electron chi connectivity index (χ0n) is 8.20. The molecule has 1 aliphatic rings. The third-order valence-corrected chi connectivity index (χ3v) is 2.85. The summed E-state index contributed by atoms with van der Waals surface area (Å²) < 4.78 is 0. The van der Waals surface area contributed by atoms with Crippen molar-refractivity contribution in [3.05, 3.63) is 0 Å². The van der Waals surface area contributed by atoms with Crippen molar-refractivity contribution < 1.29 is 4.79 Å². The van der Waals surface area contributed by atoms with Gasteiger partial charge < -0.3 is 16.4 Å². The number of hydrogen-bond donors (Lipinski definition) is 2. The monoisotopic (exact) mass is 185 g/mol. The molecule has 1 amide bonds. The Kier molecular flexibility index (Phi) is 3.69. The first-order valence-corrected chi connectivity index (χ1v) is 4.83. The average molecular weight is 185 g/mol. The van der Waals surface area contributed by atoms with E-state index in [1.807, 2.05) is 0 Å². The molecule has 0 saturated carbocycles. The fourth-order valence-corrected chi connectivity index (χ4v) is 2.08. The van der Waals surface area contributed by atoms with Crippen LogP contribution in [0.1, 0.15) is 12.8 Å². The number of hydrogen-bond acceptors (Lipinski definition) is 3. The van der Waals surface area contributed by atoms with Gasteiger partial charge in [0.1, 0.15) is 0 Å². The van der Waals surface area contributed by atoms with Gasteiger partial charge >= 0.3 is 0 Å². The Morgan fingerprint density at radius 2 is 2.38 bits per heavy atom. The van der Waals surface area contributed by atoms with Crippen LogP contribution in [0.25, 0.3) is 0 Å². The van der Waals surface area contributed by atoms with Crippen molar-refractivity contribution in [1.29, 1.82) is 0 Å². The number of amides is 1. The number of nitrogens with two attached hydrogens (primary N) is 2. The third kappa shape index (κ3) is 2.67. The van der Waals surface area contributed by atoms with Crippen molar-refractivity contribution >= 4 is 5.91 Å². The molecular weight excluding hydrogens is 166 g/mol. The van der Waals surface area contributed by atoms with Gasteiger partial charge in [0.25, 0.3) is 0 Å². The summed E-state index contributed by atoms with van der Waals surface area (Å²) in [6.45, 7) is 2.45. The van der Waals surface area contributed by atoms with Gasteiger partial charge in [-0.3, -0.25) is 4.79 Å². The largest absolute Gasteiger partial charge is 0.369 e. The van der Waals surface area contributed by atoms with Gasteiger partial charge in [0.05, 0.1) is 5.92 Å². The average Bonchev–Trinajstić information content (AvgIpc) is 2.04. The molecule has 0 bridgehead atoms. The van der Waals surface area contributed by atoms with Crippen molar-refractivity contribution in [2.24, 2.45) is 23.3 Å². The predicted molar refractivity (Wildman–Crippen MR) is 52.0 cm³/mol. The second-order valence-corrected chi connectivity index (χ2v) is 3.91. The number of carbonyl (C=O) groups is 1. The molecule has 1 fully saturated rings. The molecule has 0 aromatic rings. The SMILES string of the molecule is CN1CCCC(C(CN)C(N)=O)C1. The van der Waals surface area contributed by atoms with Crippen LogP contribution in [0.4, 0.5) is 0 Å². The summed E-state index contributed by atoms with van der Waals surface area (Å²) in [4.78, 5) is 13.3. The first-order valence-electron chi connectivity index (χ1n) is 4.83. The van der Waals surface area contributed by atoms with Crippen LogP contribution < -0.4 is 11.5 Å².